The first kappa shape index (κ1) is 26.0. The topological polar surface area (TPSA) is 49.7 Å². The molecule has 0 aromatic heterocycles. The lowest BCUT2D eigenvalue weighted by Gasteiger charge is -2.26. The number of terminal acetylenes is 1. The highest BCUT2D eigenvalue weighted by Gasteiger charge is 2.33. The molecule has 0 saturated carbocycles. The van der Waals surface area contributed by atoms with Gasteiger partial charge in [0.2, 0.25) is 16.6 Å². The fourth-order valence-corrected chi connectivity index (χ4v) is 6.21. The molecule has 0 aliphatic heterocycles. The maximum Gasteiger partial charge on any atom is 0.217 e. The largest absolute Gasteiger partial charge is 0.494 e. The van der Waals surface area contributed by atoms with E-state index in [1.54, 1.807) is 0 Å². The van der Waals surface area contributed by atoms with Crippen LogP contribution in [0.1, 0.15) is 76.7 Å². The maximum atomic E-state index is 10.8. The quantitative estimate of drug-likeness (QED) is 0.252. The van der Waals surface area contributed by atoms with Gasteiger partial charge in [0.15, 0.2) is 0 Å². The van der Waals surface area contributed by atoms with Crippen molar-refractivity contribution >= 4 is 27.0 Å². The number of hydrogen-bond donors (Lipinski definition) is 2. The molecule has 2 N–H and O–H groups in total. The zero-order chi connectivity index (χ0) is 21.9. The SMILES string of the molecule is C#Cc1cc([Si](C)(C)O)c(OCCCCCCCCCCCC)c([Si](C)(C)O)c1. The molecule has 0 aliphatic rings. The van der Waals surface area contributed by atoms with Gasteiger partial charge in [0, 0.05) is 15.9 Å². The van der Waals surface area contributed by atoms with Crippen LogP contribution in [-0.4, -0.2) is 32.8 Å². The highest BCUT2D eigenvalue weighted by Crippen LogP contribution is 2.18. The molecule has 5 heteroatoms. The minimum absolute atomic E-state index is 0.612. The number of benzene rings is 1. The lowest BCUT2D eigenvalue weighted by molar-refractivity contribution is 0.307. The van der Waals surface area contributed by atoms with Gasteiger partial charge in [0.05, 0.1) is 6.61 Å². The molecule has 0 amide bonds. The third kappa shape index (κ3) is 9.52. The van der Waals surface area contributed by atoms with Crippen molar-refractivity contribution in [2.24, 2.45) is 0 Å². The summed E-state index contributed by atoms with van der Waals surface area (Å²) in [6.07, 6.45) is 18.4. The summed E-state index contributed by atoms with van der Waals surface area (Å²) in [5.41, 5.74) is 0.700. The molecule has 0 heterocycles. The van der Waals surface area contributed by atoms with Crippen LogP contribution in [0.5, 0.6) is 5.75 Å². The Morgan fingerprint density at radius 3 is 1.59 bits per heavy atom. The predicted molar refractivity (Wildman–Crippen MR) is 130 cm³/mol. The second-order valence-electron chi connectivity index (χ2n) is 9.19. The van der Waals surface area contributed by atoms with E-state index in [4.69, 9.17) is 11.2 Å². The number of hydrogen-bond acceptors (Lipinski definition) is 3. The monoisotopic (exact) mass is 434 g/mol. The first-order valence-electron chi connectivity index (χ1n) is 11.3. The summed E-state index contributed by atoms with van der Waals surface area (Å²) in [7, 11) is -5.29. The second-order valence-corrected chi connectivity index (χ2v) is 16.5. The Labute approximate surface area is 181 Å². The molecule has 3 nitrogen and oxygen atoms in total. The van der Waals surface area contributed by atoms with E-state index in [0.717, 1.165) is 23.2 Å². The van der Waals surface area contributed by atoms with Crippen LogP contribution >= 0.6 is 0 Å². The summed E-state index contributed by atoms with van der Waals surface area (Å²) in [6.45, 7) is 10.3. The van der Waals surface area contributed by atoms with Gasteiger partial charge in [-0.2, -0.15) is 0 Å². The van der Waals surface area contributed by atoms with Crippen molar-refractivity contribution in [2.75, 3.05) is 6.61 Å². The third-order valence-electron chi connectivity index (χ3n) is 5.32. The van der Waals surface area contributed by atoms with Gasteiger partial charge in [-0.25, -0.2) is 0 Å². The van der Waals surface area contributed by atoms with Crippen molar-refractivity contribution in [1.82, 2.24) is 0 Å². The van der Waals surface area contributed by atoms with E-state index in [-0.39, 0.29) is 0 Å². The molecule has 1 rings (SSSR count). The first-order valence-corrected chi connectivity index (χ1v) is 17.2. The molecule has 0 aliphatic carbocycles. The summed E-state index contributed by atoms with van der Waals surface area (Å²) in [6, 6.07) is 3.73. The van der Waals surface area contributed by atoms with Gasteiger partial charge < -0.3 is 14.3 Å². The van der Waals surface area contributed by atoms with Crippen LogP contribution in [0.3, 0.4) is 0 Å². The van der Waals surface area contributed by atoms with Crippen molar-refractivity contribution in [3.8, 4) is 18.1 Å². The molecule has 29 heavy (non-hydrogen) atoms. The first-order chi connectivity index (χ1) is 13.6. The molecule has 1 aromatic carbocycles. The minimum atomic E-state index is -2.65. The summed E-state index contributed by atoms with van der Waals surface area (Å²) in [5.74, 6) is 3.34. The van der Waals surface area contributed by atoms with E-state index in [2.05, 4.69) is 12.8 Å². The van der Waals surface area contributed by atoms with Crippen molar-refractivity contribution in [2.45, 2.75) is 97.3 Å². The van der Waals surface area contributed by atoms with Gasteiger partial charge in [-0.15, -0.1) is 6.42 Å². The smallest absolute Gasteiger partial charge is 0.217 e. The van der Waals surface area contributed by atoms with E-state index in [1.165, 1.54) is 51.4 Å². The molecule has 0 saturated heterocycles. The number of rotatable bonds is 14. The fraction of sp³-hybridized carbons (Fsp3) is 0.667. The van der Waals surface area contributed by atoms with Gasteiger partial charge in [0.25, 0.3) is 0 Å². The number of ether oxygens (including phenoxy) is 1. The average molecular weight is 435 g/mol. The third-order valence-corrected chi connectivity index (χ3v) is 8.70. The van der Waals surface area contributed by atoms with Crippen LogP contribution in [0, 0.1) is 12.3 Å². The average Bonchev–Trinajstić information content (AvgIpc) is 2.64. The van der Waals surface area contributed by atoms with Crippen LogP contribution in [0.25, 0.3) is 0 Å². The molecule has 1 aromatic rings. The van der Waals surface area contributed by atoms with Crippen molar-refractivity contribution in [1.29, 1.82) is 0 Å². The van der Waals surface area contributed by atoms with E-state index < -0.39 is 16.6 Å². The van der Waals surface area contributed by atoms with Gasteiger partial charge in [-0.1, -0.05) is 70.6 Å². The van der Waals surface area contributed by atoms with Crippen LogP contribution in [0.2, 0.25) is 26.2 Å². The summed E-state index contributed by atoms with van der Waals surface area (Å²) < 4.78 is 6.17. The molecular weight excluding hydrogens is 392 g/mol. The summed E-state index contributed by atoms with van der Waals surface area (Å²) >= 11 is 0. The molecule has 0 atom stereocenters. The van der Waals surface area contributed by atoms with Crippen molar-refractivity contribution in [3.63, 3.8) is 0 Å². The normalized spacial score (nSPS) is 12.1. The van der Waals surface area contributed by atoms with Gasteiger partial charge in [-0.3, -0.25) is 0 Å². The van der Waals surface area contributed by atoms with Crippen molar-refractivity contribution in [3.05, 3.63) is 17.7 Å². The Balaban J connectivity index is 2.62. The number of unbranched alkanes of at least 4 members (excludes halogenated alkanes) is 9. The highest BCUT2D eigenvalue weighted by atomic mass is 28.4. The van der Waals surface area contributed by atoms with Crippen LogP contribution < -0.4 is 15.1 Å². The van der Waals surface area contributed by atoms with Crippen LogP contribution in [0.4, 0.5) is 0 Å². The zero-order valence-electron chi connectivity index (χ0n) is 19.3. The molecule has 0 spiro atoms. The Hall–Kier alpha value is -1.07. The minimum Gasteiger partial charge on any atom is -0.494 e. The van der Waals surface area contributed by atoms with E-state index in [1.807, 2.05) is 38.3 Å². The Morgan fingerprint density at radius 2 is 1.21 bits per heavy atom. The van der Waals surface area contributed by atoms with E-state index in [0.29, 0.717) is 17.9 Å². The molecule has 164 valence electrons. The van der Waals surface area contributed by atoms with Crippen LogP contribution in [0.15, 0.2) is 12.1 Å². The Kier molecular flexibility index (Phi) is 11.3. The Bertz CT molecular complexity index is 617. The molecule has 0 bridgehead atoms. The van der Waals surface area contributed by atoms with E-state index >= 15 is 0 Å². The lowest BCUT2D eigenvalue weighted by atomic mass is 10.1. The maximum absolute atomic E-state index is 10.8. The van der Waals surface area contributed by atoms with Crippen molar-refractivity contribution < 1.29 is 14.3 Å². The fourth-order valence-electron chi connectivity index (χ4n) is 3.54. The standard InChI is InChI=1S/C24H42O3Si2/c1-7-9-10-11-12-13-14-15-16-17-18-27-24-22(28(3,4)25)19-21(8-2)20-23(24)29(5,6)26/h2,19-20,25-26H,7,9-18H2,1,3-6H3. The highest BCUT2D eigenvalue weighted by molar-refractivity contribution is 6.87. The van der Waals surface area contributed by atoms with Gasteiger partial charge in [0.1, 0.15) is 5.75 Å². The Morgan fingerprint density at radius 1 is 0.793 bits per heavy atom. The predicted octanol–water partition coefficient (Wildman–Crippen LogP) is 4.78. The lowest BCUT2D eigenvalue weighted by Crippen LogP contribution is -2.50. The zero-order valence-corrected chi connectivity index (χ0v) is 21.3. The molecule has 0 fully saturated rings. The molecular formula is C24H42O3Si2. The van der Waals surface area contributed by atoms with Gasteiger partial charge in [-0.05, 0) is 44.7 Å². The van der Waals surface area contributed by atoms with E-state index in [9.17, 15) is 9.59 Å². The summed E-state index contributed by atoms with van der Waals surface area (Å²) in [4.78, 5) is 21.6. The van der Waals surface area contributed by atoms with Crippen LogP contribution in [-0.2, 0) is 0 Å². The summed E-state index contributed by atoms with van der Waals surface area (Å²) in [5, 5.41) is 1.59. The second kappa shape index (κ2) is 12.6. The molecule has 0 radical (unpaired) electrons. The van der Waals surface area contributed by atoms with Gasteiger partial charge >= 0.3 is 0 Å². The molecule has 0 unspecified atom stereocenters.